The third-order valence-corrected chi connectivity index (χ3v) is 6.51. The van der Waals surface area contributed by atoms with E-state index < -0.39 is 40.5 Å². The zero-order valence-electron chi connectivity index (χ0n) is 17.2. The minimum Gasteiger partial charge on any atom is -0.366 e. The lowest BCUT2D eigenvalue weighted by molar-refractivity contribution is -0.137. The Labute approximate surface area is 191 Å². The Morgan fingerprint density at radius 1 is 1.24 bits per heavy atom. The lowest BCUT2D eigenvalue weighted by atomic mass is 9.75. The number of rotatable bonds is 3. The summed E-state index contributed by atoms with van der Waals surface area (Å²) in [6.45, 7) is 1.41. The topological polar surface area (TPSA) is 90.4 Å². The minimum atomic E-state index is -4.82. The number of amides is 2. The zero-order chi connectivity index (χ0) is 24.3. The second-order valence-corrected chi connectivity index (χ2v) is 8.28. The molecule has 1 heterocycles. The standard InChI is InChI=1S/C22H16F4N4O2S/c1-11-16(6-5-14(17(11)23)18(28)31)30-20(33)29(19(32)21(30)7-2-8-21)13-4-3-12(10-27)15(9-13)22(24,25)26/h3-6,9H,2,7-8H2,1H3,(H2,28,31). The van der Waals surface area contributed by atoms with E-state index in [4.69, 9.17) is 23.2 Å². The number of nitrogens with zero attached hydrogens (tertiary/aromatic N) is 3. The highest BCUT2D eigenvalue weighted by molar-refractivity contribution is 7.81. The summed E-state index contributed by atoms with van der Waals surface area (Å²) >= 11 is 5.51. The van der Waals surface area contributed by atoms with Crippen LogP contribution in [0, 0.1) is 24.1 Å². The molecule has 2 aromatic carbocycles. The van der Waals surface area contributed by atoms with Crippen molar-refractivity contribution < 1.29 is 27.2 Å². The number of hydrogen-bond acceptors (Lipinski definition) is 4. The second kappa shape index (κ2) is 7.52. The maximum Gasteiger partial charge on any atom is 0.417 e. The molecule has 170 valence electrons. The normalized spacial score (nSPS) is 17.3. The average Bonchev–Trinajstić information content (AvgIpc) is 2.95. The van der Waals surface area contributed by atoms with Gasteiger partial charge in [0.25, 0.3) is 11.8 Å². The first kappa shape index (κ1) is 22.7. The molecular formula is C22H16F4N4O2S. The largest absolute Gasteiger partial charge is 0.417 e. The molecule has 4 rings (SSSR count). The van der Waals surface area contributed by atoms with E-state index >= 15 is 0 Å². The van der Waals surface area contributed by atoms with Gasteiger partial charge in [-0.25, -0.2) is 4.39 Å². The maximum atomic E-state index is 14.8. The van der Waals surface area contributed by atoms with Crippen LogP contribution in [-0.2, 0) is 11.0 Å². The fourth-order valence-corrected chi connectivity index (χ4v) is 4.76. The van der Waals surface area contributed by atoms with E-state index in [0.29, 0.717) is 25.3 Å². The Morgan fingerprint density at radius 3 is 2.42 bits per heavy atom. The third-order valence-electron chi connectivity index (χ3n) is 6.14. The van der Waals surface area contributed by atoms with Crippen molar-refractivity contribution >= 4 is 40.5 Å². The van der Waals surface area contributed by atoms with E-state index in [9.17, 15) is 27.2 Å². The Bertz CT molecular complexity index is 1260. The molecule has 2 aromatic rings. The SMILES string of the molecule is Cc1c(N2C(=S)N(c3ccc(C#N)c(C(F)(F)F)c3)C(=O)C23CCC3)ccc(C(N)=O)c1F. The second-order valence-electron chi connectivity index (χ2n) is 7.92. The minimum absolute atomic E-state index is 0.0328. The Balaban J connectivity index is 1.86. The number of anilines is 2. The number of nitrogens with two attached hydrogens (primary N) is 1. The van der Waals surface area contributed by atoms with Crippen LogP contribution in [0.1, 0.15) is 46.3 Å². The average molecular weight is 476 g/mol. The molecule has 2 amide bonds. The van der Waals surface area contributed by atoms with Crippen molar-refractivity contribution in [3.63, 3.8) is 0 Å². The van der Waals surface area contributed by atoms with Crippen LogP contribution in [-0.4, -0.2) is 22.5 Å². The summed E-state index contributed by atoms with van der Waals surface area (Å²) in [5.74, 6) is -2.35. The van der Waals surface area contributed by atoms with Gasteiger partial charge in [-0.2, -0.15) is 18.4 Å². The van der Waals surface area contributed by atoms with Gasteiger partial charge in [0.05, 0.1) is 34.1 Å². The first-order valence-corrected chi connectivity index (χ1v) is 10.2. The molecule has 0 unspecified atom stereocenters. The van der Waals surface area contributed by atoms with Gasteiger partial charge in [0.15, 0.2) is 5.11 Å². The summed E-state index contributed by atoms with van der Waals surface area (Å²) in [5.41, 5.74) is 2.05. The molecule has 0 atom stereocenters. The molecular weight excluding hydrogens is 460 g/mol. The zero-order valence-corrected chi connectivity index (χ0v) is 18.0. The molecule has 1 saturated heterocycles. The summed E-state index contributed by atoms with van der Waals surface area (Å²) in [5, 5.41) is 8.93. The first-order valence-electron chi connectivity index (χ1n) is 9.83. The highest BCUT2D eigenvalue weighted by atomic mass is 32.1. The third kappa shape index (κ3) is 3.24. The molecule has 1 saturated carbocycles. The monoisotopic (exact) mass is 476 g/mol. The molecule has 1 spiro atoms. The van der Waals surface area contributed by atoms with E-state index in [1.54, 1.807) is 0 Å². The van der Waals surface area contributed by atoms with Crippen molar-refractivity contribution in [3.05, 3.63) is 58.4 Å². The van der Waals surface area contributed by atoms with Gasteiger partial charge < -0.3 is 10.6 Å². The predicted molar refractivity (Wildman–Crippen MR) is 115 cm³/mol. The molecule has 1 aliphatic carbocycles. The number of hydrogen-bond donors (Lipinski definition) is 1. The number of carbonyl (C=O) groups is 2. The van der Waals surface area contributed by atoms with Crippen molar-refractivity contribution in [3.8, 4) is 6.07 Å². The van der Waals surface area contributed by atoms with Gasteiger partial charge in [-0.15, -0.1) is 0 Å². The van der Waals surface area contributed by atoms with Crippen LogP contribution in [0.4, 0.5) is 28.9 Å². The first-order chi connectivity index (χ1) is 15.4. The van der Waals surface area contributed by atoms with Crippen LogP contribution in [0.2, 0.25) is 0 Å². The molecule has 2 fully saturated rings. The molecule has 11 heteroatoms. The quantitative estimate of drug-likeness (QED) is 0.530. The number of thiocarbonyl (C=S) groups is 1. The van der Waals surface area contributed by atoms with Crippen LogP contribution in [0.15, 0.2) is 30.3 Å². The van der Waals surface area contributed by atoms with Gasteiger partial charge in [-0.3, -0.25) is 14.5 Å². The molecule has 2 N–H and O–H groups in total. The van der Waals surface area contributed by atoms with E-state index in [1.165, 1.54) is 36.1 Å². The fourth-order valence-electron chi connectivity index (χ4n) is 4.29. The van der Waals surface area contributed by atoms with Crippen LogP contribution in [0.25, 0.3) is 0 Å². The predicted octanol–water partition coefficient (Wildman–Crippen LogP) is 4.18. The summed E-state index contributed by atoms with van der Waals surface area (Å²) in [6, 6.07) is 7.02. The highest BCUT2D eigenvalue weighted by Gasteiger charge is 2.60. The fraction of sp³-hybridized carbons (Fsp3) is 0.273. The van der Waals surface area contributed by atoms with E-state index in [-0.39, 0.29) is 27.6 Å². The van der Waals surface area contributed by atoms with Crippen molar-refractivity contribution in [2.24, 2.45) is 5.73 Å². The van der Waals surface area contributed by atoms with Gasteiger partial charge in [-0.05, 0) is 68.7 Å². The maximum absolute atomic E-state index is 14.8. The number of alkyl halides is 3. The smallest absolute Gasteiger partial charge is 0.366 e. The van der Waals surface area contributed by atoms with Gasteiger partial charge in [0, 0.05) is 5.56 Å². The Morgan fingerprint density at radius 2 is 1.91 bits per heavy atom. The summed E-state index contributed by atoms with van der Waals surface area (Å²) in [7, 11) is 0. The molecule has 0 bridgehead atoms. The molecule has 33 heavy (non-hydrogen) atoms. The van der Waals surface area contributed by atoms with Crippen molar-refractivity contribution in [1.82, 2.24) is 0 Å². The van der Waals surface area contributed by atoms with Gasteiger partial charge in [0.1, 0.15) is 11.4 Å². The molecule has 0 aromatic heterocycles. The van der Waals surface area contributed by atoms with Crippen molar-refractivity contribution in [2.75, 3.05) is 9.80 Å². The van der Waals surface area contributed by atoms with Gasteiger partial charge in [0.2, 0.25) is 0 Å². The number of benzene rings is 2. The number of carbonyl (C=O) groups excluding carboxylic acids is 2. The van der Waals surface area contributed by atoms with Gasteiger partial charge >= 0.3 is 6.18 Å². The molecule has 1 aliphatic heterocycles. The van der Waals surface area contributed by atoms with E-state index in [1.807, 2.05) is 0 Å². The Hall–Kier alpha value is -3.52. The summed E-state index contributed by atoms with van der Waals surface area (Å²) in [6.07, 6.45) is -3.42. The molecule has 2 aliphatic rings. The number of primary amides is 1. The number of halogens is 4. The summed E-state index contributed by atoms with van der Waals surface area (Å²) < 4.78 is 55.3. The van der Waals surface area contributed by atoms with Gasteiger partial charge in [-0.1, -0.05) is 0 Å². The molecule has 0 radical (unpaired) electrons. The van der Waals surface area contributed by atoms with Crippen LogP contribution >= 0.6 is 12.2 Å². The lowest BCUT2D eigenvalue weighted by Crippen LogP contribution is -2.55. The van der Waals surface area contributed by atoms with E-state index in [2.05, 4.69) is 0 Å². The van der Waals surface area contributed by atoms with Crippen LogP contribution in [0.3, 0.4) is 0 Å². The highest BCUT2D eigenvalue weighted by Crippen LogP contribution is 2.49. The van der Waals surface area contributed by atoms with Crippen molar-refractivity contribution in [1.29, 1.82) is 5.26 Å². The van der Waals surface area contributed by atoms with E-state index in [0.717, 1.165) is 11.0 Å². The number of nitriles is 1. The lowest BCUT2D eigenvalue weighted by Gasteiger charge is -2.43. The van der Waals surface area contributed by atoms with Crippen LogP contribution < -0.4 is 15.5 Å². The van der Waals surface area contributed by atoms with Crippen molar-refractivity contribution in [2.45, 2.75) is 37.9 Å². The summed E-state index contributed by atoms with van der Waals surface area (Å²) in [4.78, 5) is 27.4. The Kier molecular flexibility index (Phi) is 5.16. The molecule has 6 nitrogen and oxygen atoms in total. The van der Waals surface area contributed by atoms with Crippen LogP contribution in [0.5, 0.6) is 0 Å².